The monoisotopic (exact) mass is 465 g/mol. The maximum absolute atomic E-state index is 12.5. The lowest BCUT2D eigenvalue weighted by molar-refractivity contribution is -0.120. The fraction of sp³-hybridized carbons (Fsp3) is 0.375. The molecule has 1 fully saturated rings. The average molecular weight is 466 g/mol. The van der Waals surface area contributed by atoms with Gasteiger partial charge in [0.05, 0.1) is 0 Å². The Labute approximate surface area is 196 Å². The van der Waals surface area contributed by atoms with Gasteiger partial charge in [0.1, 0.15) is 5.76 Å². The van der Waals surface area contributed by atoms with Crippen LogP contribution in [0.25, 0.3) is 11.3 Å². The summed E-state index contributed by atoms with van der Waals surface area (Å²) in [5.74, 6) is 0.264. The van der Waals surface area contributed by atoms with Crippen molar-refractivity contribution < 1.29 is 23.4 Å². The molecular formula is C24H27N5O5. The first-order chi connectivity index (χ1) is 16.5. The molecule has 0 spiro atoms. The van der Waals surface area contributed by atoms with Crippen LogP contribution in [0.3, 0.4) is 0 Å². The number of carbonyl (C=O) groups excluding carboxylic acids is 3. The van der Waals surface area contributed by atoms with Crippen molar-refractivity contribution in [3.63, 3.8) is 0 Å². The molecule has 0 aliphatic heterocycles. The Morgan fingerprint density at radius 1 is 0.971 bits per heavy atom. The second kappa shape index (κ2) is 10.8. The highest BCUT2D eigenvalue weighted by atomic mass is 16.5. The molecule has 0 bridgehead atoms. The summed E-state index contributed by atoms with van der Waals surface area (Å²) < 4.78 is 10.4. The Bertz CT molecular complexity index is 1160. The molecule has 1 saturated carbocycles. The quantitative estimate of drug-likeness (QED) is 0.464. The Morgan fingerprint density at radius 3 is 2.53 bits per heavy atom. The molecule has 4 rings (SSSR count). The van der Waals surface area contributed by atoms with Gasteiger partial charge < -0.3 is 25.0 Å². The van der Waals surface area contributed by atoms with E-state index >= 15 is 0 Å². The largest absolute Gasteiger partial charge is 0.361 e. The third-order valence-electron chi connectivity index (χ3n) is 5.81. The second-order valence-corrected chi connectivity index (χ2v) is 8.24. The van der Waals surface area contributed by atoms with Crippen LogP contribution >= 0.6 is 0 Å². The first kappa shape index (κ1) is 23.2. The number of nitrogens with zero attached hydrogens (tertiary/aromatic N) is 2. The number of hydrogen-bond donors (Lipinski definition) is 3. The molecule has 0 saturated heterocycles. The molecule has 34 heavy (non-hydrogen) atoms. The fourth-order valence-electron chi connectivity index (χ4n) is 3.93. The summed E-state index contributed by atoms with van der Waals surface area (Å²) in [6.45, 7) is 0.270. The van der Waals surface area contributed by atoms with Crippen LogP contribution in [0.5, 0.6) is 0 Å². The van der Waals surface area contributed by atoms with Gasteiger partial charge in [0.2, 0.25) is 5.91 Å². The average Bonchev–Trinajstić information content (AvgIpc) is 3.55. The molecule has 1 aliphatic carbocycles. The predicted molar refractivity (Wildman–Crippen MR) is 123 cm³/mol. The van der Waals surface area contributed by atoms with Crippen molar-refractivity contribution in [2.24, 2.45) is 5.92 Å². The van der Waals surface area contributed by atoms with Gasteiger partial charge in [-0.05, 0) is 25.0 Å². The Kier molecular flexibility index (Phi) is 7.36. The lowest BCUT2D eigenvalue weighted by Crippen LogP contribution is -2.25. The smallest absolute Gasteiger partial charge is 0.273 e. The number of amides is 3. The minimum Gasteiger partial charge on any atom is -0.361 e. The van der Waals surface area contributed by atoms with E-state index in [4.69, 9.17) is 9.05 Å². The predicted octanol–water partition coefficient (Wildman–Crippen LogP) is 3.18. The van der Waals surface area contributed by atoms with E-state index < -0.39 is 5.91 Å². The third kappa shape index (κ3) is 5.69. The van der Waals surface area contributed by atoms with Gasteiger partial charge in [0.25, 0.3) is 11.8 Å². The molecule has 10 nitrogen and oxygen atoms in total. The zero-order valence-electron chi connectivity index (χ0n) is 18.9. The molecule has 2 heterocycles. The summed E-state index contributed by atoms with van der Waals surface area (Å²) in [5, 5.41) is 15.7. The van der Waals surface area contributed by atoms with Crippen LogP contribution in [-0.4, -0.2) is 41.6 Å². The van der Waals surface area contributed by atoms with E-state index in [2.05, 4.69) is 26.3 Å². The van der Waals surface area contributed by atoms with E-state index in [0.29, 0.717) is 29.2 Å². The van der Waals surface area contributed by atoms with Crippen LogP contribution in [0.4, 0.5) is 5.69 Å². The molecule has 0 radical (unpaired) electrons. The van der Waals surface area contributed by atoms with Crippen molar-refractivity contribution in [3.8, 4) is 11.3 Å². The minimum atomic E-state index is -0.400. The molecule has 0 unspecified atom stereocenters. The highest BCUT2D eigenvalue weighted by Crippen LogP contribution is 2.27. The molecule has 3 N–H and O–H groups in total. The second-order valence-electron chi connectivity index (χ2n) is 8.24. The highest BCUT2D eigenvalue weighted by Gasteiger charge is 2.21. The molecule has 1 aromatic carbocycles. The molecule has 1 aliphatic rings. The molecule has 0 atom stereocenters. The van der Waals surface area contributed by atoms with Gasteiger partial charge in [-0.2, -0.15) is 0 Å². The zero-order valence-corrected chi connectivity index (χ0v) is 18.9. The molecule has 3 aromatic rings. The van der Waals surface area contributed by atoms with Gasteiger partial charge in [-0.1, -0.05) is 41.7 Å². The van der Waals surface area contributed by atoms with Gasteiger partial charge >= 0.3 is 0 Å². The number of rotatable bonds is 8. The van der Waals surface area contributed by atoms with Gasteiger partial charge in [-0.3, -0.25) is 14.4 Å². The van der Waals surface area contributed by atoms with Crippen molar-refractivity contribution in [2.45, 2.75) is 38.5 Å². The number of carbonyl (C=O) groups is 3. The molecule has 2 aromatic heterocycles. The first-order valence-electron chi connectivity index (χ1n) is 11.4. The van der Waals surface area contributed by atoms with E-state index in [1.165, 1.54) is 19.5 Å². The van der Waals surface area contributed by atoms with Crippen LogP contribution < -0.4 is 16.0 Å². The van der Waals surface area contributed by atoms with E-state index in [-0.39, 0.29) is 35.7 Å². The first-order valence-corrected chi connectivity index (χ1v) is 11.4. The number of nitrogens with one attached hydrogen (secondary N) is 3. The van der Waals surface area contributed by atoms with Crippen LogP contribution in [0, 0.1) is 5.92 Å². The molecule has 10 heteroatoms. The Balaban J connectivity index is 1.32. The van der Waals surface area contributed by atoms with Gasteiger partial charge in [0.15, 0.2) is 17.1 Å². The van der Waals surface area contributed by atoms with Crippen molar-refractivity contribution in [2.75, 3.05) is 18.9 Å². The summed E-state index contributed by atoms with van der Waals surface area (Å²) in [5.41, 5.74) is 1.70. The summed E-state index contributed by atoms with van der Waals surface area (Å²) >= 11 is 0. The number of benzene rings is 1. The number of hydrogen-bond acceptors (Lipinski definition) is 7. The van der Waals surface area contributed by atoms with Gasteiger partial charge in [-0.25, -0.2) is 0 Å². The lowest BCUT2D eigenvalue weighted by atomic mass is 9.88. The standard InChI is InChI=1S/C24H27N5O5/c1-25-23(31)19-13-18(33-28-19)10-11-26-24(32)20-14-21(34-29-20)16-8-5-9-17(12-16)27-22(30)15-6-3-2-4-7-15/h5,8-9,12-15H,2-4,6-7,10-11H2,1H3,(H,25,31)(H,26,32)(H,27,30). The molecule has 3 amide bonds. The van der Waals surface area contributed by atoms with Crippen LogP contribution in [0.2, 0.25) is 0 Å². The Morgan fingerprint density at radius 2 is 1.74 bits per heavy atom. The van der Waals surface area contributed by atoms with Crippen molar-refractivity contribution in [1.29, 1.82) is 0 Å². The van der Waals surface area contributed by atoms with Crippen LogP contribution in [0.1, 0.15) is 58.8 Å². The molecule has 178 valence electrons. The summed E-state index contributed by atoms with van der Waals surface area (Å²) in [7, 11) is 1.51. The lowest BCUT2D eigenvalue weighted by Gasteiger charge is -2.20. The van der Waals surface area contributed by atoms with Crippen molar-refractivity contribution >= 4 is 23.4 Å². The summed E-state index contributed by atoms with van der Waals surface area (Å²) in [6.07, 6.45) is 5.60. The summed E-state index contributed by atoms with van der Waals surface area (Å²) in [4.78, 5) is 36.5. The molecular weight excluding hydrogens is 438 g/mol. The summed E-state index contributed by atoms with van der Waals surface area (Å²) in [6, 6.07) is 10.4. The van der Waals surface area contributed by atoms with E-state index in [0.717, 1.165) is 25.7 Å². The SMILES string of the molecule is CNC(=O)c1cc(CCNC(=O)c2cc(-c3cccc(NC(=O)C4CCCCC4)c3)on2)on1. The number of aromatic nitrogens is 2. The van der Waals surface area contributed by atoms with E-state index in [9.17, 15) is 14.4 Å². The highest BCUT2D eigenvalue weighted by molar-refractivity contribution is 5.94. The van der Waals surface area contributed by atoms with E-state index in [1.807, 2.05) is 18.2 Å². The minimum absolute atomic E-state index is 0.0451. The van der Waals surface area contributed by atoms with Crippen molar-refractivity contribution in [3.05, 3.63) is 53.5 Å². The number of anilines is 1. The Hall–Kier alpha value is -3.95. The normalized spacial score (nSPS) is 13.9. The fourth-order valence-corrected chi connectivity index (χ4v) is 3.93. The van der Waals surface area contributed by atoms with Crippen molar-refractivity contribution in [1.82, 2.24) is 20.9 Å². The van der Waals surface area contributed by atoms with Gasteiger partial charge in [0, 0.05) is 49.3 Å². The van der Waals surface area contributed by atoms with Crippen LogP contribution in [0.15, 0.2) is 45.4 Å². The third-order valence-corrected chi connectivity index (χ3v) is 5.81. The topological polar surface area (TPSA) is 139 Å². The van der Waals surface area contributed by atoms with E-state index in [1.54, 1.807) is 12.1 Å². The maximum atomic E-state index is 12.5. The maximum Gasteiger partial charge on any atom is 0.273 e. The van der Waals surface area contributed by atoms with Crippen LogP contribution in [-0.2, 0) is 11.2 Å². The van der Waals surface area contributed by atoms with Gasteiger partial charge in [-0.15, -0.1) is 0 Å². The zero-order chi connectivity index (χ0) is 23.9.